The minimum absolute atomic E-state index is 0.263. The first-order valence-electron chi connectivity index (χ1n) is 10.1. The first kappa shape index (κ1) is 20.6. The summed E-state index contributed by atoms with van der Waals surface area (Å²) in [5, 5.41) is 9.06. The molecular formula is C26H24N2O3. The second-order valence-corrected chi connectivity index (χ2v) is 7.45. The standard InChI is InChI=1S/C26H24N2O3/c1-18-24(27-17-28(18)16-19-8-10-23(11-9-19)26(29)30)25(31-2)22-14-12-21(13-15-22)20-6-4-3-5-7-20/h3-15,17,25H,16H2,1-2H3,(H,29,30). The van der Waals surface area contributed by atoms with Crippen LogP contribution in [-0.4, -0.2) is 27.7 Å². The van der Waals surface area contributed by atoms with Gasteiger partial charge in [0.1, 0.15) is 6.10 Å². The first-order valence-corrected chi connectivity index (χ1v) is 10.1. The maximum atomic E-state index is 11.0. The Balaban J connectivity index is 1.55. The Labute approximate surface area is 181 Å². The molecule has 0 aliphatic heterocycles. The number of aromatic carboxylic acids is 1. The molecule has 0 spiro atoms. The molecule has 5 nitrogen and oxygen atoms in total. The van der Waals surface area contributed by atoms with Gasteiger partial charge in [-0.3, -0.25) is 0 Å². The van der Waals surface area contributed by atoms with Crippen molar-refractivity contribution in [2.45, 2.75) is 19.6 Å². The number of benzene rings is 3. The van der Waals surface area contributed by atoms with Crippen molar-refractivity contribution in [2.24, 2.45) is 0 Å². The monoisotopic (exact) mass is 412 g/mol. The fraction of sp³-hybridized carbons (Fsp3) is 0.154. The number of nitrogens with zero attached hydrogens (tertiary/aromatic N) is 2. The van der Waals surface area contributed by atoms with Crippen LogP contribution >= 0.6 is 0 Å². The molecule has 31 heavy (non-hydrogen) atoms. The van der Waals surface area contributed by atoms with Crippen molar-refractivity contribution >= 4 is 5.97 Å². The van der Waals surface area contributed by atoms with Crippen LogP contribution in [-0.2, 0) is 11.3 Å². The molecule has 0 fully saturated rings. The van der Waals surface area contributed by atoms with Crippen molar-refractivity contribution in [3.63, 3.8) is 0 Å². The highest BCUT2D eigenvalue weighted by Gasteiger charge is 2.20. The molecule has 1 unspecified atom stereocenters. The second kappa shape index (κ2) is 8.98. The molecule has 4 rings (SSSR count). The van der Waals surface area contributed by atoms with Crippen LogP contribution in [0, 0.1) is 6.92 Å². The van der Waals surface area contributed by atoms with Crippen molar-refractivity contribution in [1.29, 1.82) is 0 Å². The van der Waals surface area contributed by atoms with Gasteiger partial charge in [0.15, 0.2) is 0 Å². The zero-order valence-corrected chi connectivity index (χ0v) is 17.5. The van der Waals surface area contributed by atoms with E-state index in [4.69, 9.17) is 9.84 Å². The number of rotatable bonds is 7. The van der Waals surface area contributed by atoms with Crippen LogP contribution in [0.15, 0.2) is 85.2 Å². The largest absolute Gasteiger partial charge is 0.478 e. The van der Waals surface area contributed by atoms with Crippen molar-refractivity contribution < 1.29 is 14.6 Å². The number of aromatic nitrogens is 2. The van der Waals surface area contributed by atoms with Crippen LogP contribution < -0.4 is 0 Å². The third-order valence-electron chi connectivity index (χ3n) is 5.50. The van der Waals surface area contributed by atoms with E-state index in [9.17, 15) is 4.79 Å². The molecule has 0 saturated heterocycles. The number of methoxy groups -OCH3 is 1. The number of imidazole rings is 1. The highest BCUT2D eigenvalue weighted by atomic mass is 16.5. The summed E-state index contributed by atoms with van der Waals surface area (Å²) in [5.74, 6) is -0.922. The molecule has 0 aliphatic rings. The summed E-state index contributed by atoms with van der Waals surface area (Å²) >= 11 is 0. The third kappa shape index (κ3) is 4.42. The smallest absolute Gasteiger partial charge is 0.335 e. The van der Waals surface area contributed by atoms with E-state index < -0.39 is 5.97 Å². The molecule has 1 atom stereocenters. The summed E-state index contributed by atoms with van der Waals surface area (Å²) in [4.78, 5) is 15.7. The minimum Gasteiger partial charge on any atom is -0.478 e. The average molecular weight is 412 g/mol. The van der Waals surface area contributed by atoms with Gasteiger partial charge in [-0.05, 0) is 41.3 Å². The van der Waals surface area contributed by atoms with Crippen LogP contribution in [0.25, 0.3) is 11.1 Å². The van der Waals surface area contributed by atoms with E-state index >= 15 is 0 Å². The van der Waals surface area contributed by atoms with Crippen molar-refractivity contribution in [2.75, 3.05) is 7.11 Å². The van der Waals surface area contributed by atoms with E-state index in [0.29, 0.717) is 6.54 Å². The first-order chi connectivity index (χ1) is 15.1. The van der Waals surface area contributed by atoms with Gasteiger partial charge in [-0.25, -0.2) is 9.78 Å². The lowest BCUT2D eigenvalue weighted by atomic mass is 10.00. The van der Waals surface area contributed by atoms with Crippen molar-refractivity contribution in [3.8, 4) is 11.1 Å². The molecule has 1 N–H and O–H groups in total. The van der Waals surface area contributed by atoms with E-state index in [2.05, 4.69) is 45.9 Å². The molecule has 5 heteroatoms. The lowest BCUT2D eigenvalue weighted by Gasteiger charge is -2.16. The van der Waals surface area contributed by atoms with Gasteiger partial charge in [0, 0.05) is 19.3 Å². The Morgan fingerprint density at radius 3 is 2.23 bits per heavy atom. The molecule has 0 saturated carbocycles. The van der Waals surface area contributed by atoms with E-state index in [1.807, 2.05) is 37.3 Å². The fourth-order valence-corrected chi connectivity index (χ4v) is 3.71. The van der Waals surface area contributed by atoms with Crippen LogP contribution in [0.3, 0.4) is 0 Å². The summed E-state index contributed by atoms with van der Waals surface area (Å²) in [6.45, 7) is 2.64. The normalized spacial score (nSPS) is 11.9. The number of hydrogen-bond donors (Lipinski definition) is 1. The second-order valence-electron chi connectivity index (χ2n) is 7.45. The Morgan fingerprint density at radius 1 is 0.968 bits per heavy atom. The lowest BCUT2D eigenvalue weighted by Crippen LogP contribution is -2.08. The average Bonchev–Trinajstić information content (AvgIpc) is 3.16. The number of hydrogen-bond acceptors (Lipinski definition) is 3. The van der Waals surface area contributed by atoms with Gasteiger partial charge in [0.05, 0.1) is 17.6 Å². The Kier molecular flexibility index (Phi) is 5.96. The predicted molar refractivity (Wildman–Crippen MR) is 120 cm³/mol. The SMILES string of the molecule is COC(c1ccc(-c2ccccc2)cc1)c1ncn(Cc2ccc(C(=O)O)cc2)c1C. The summed E-state index contributed by atoms with van der Waals surface area (Å²) in [7, 11) is 1.69. The van der Waals surface area contributed by atoms with Gasteiger partial charge in [0.2, 0.25) is 0 Å². The summed E-state index contributed by atoms with van der Waals surface area (Å²) in [6, 6.07) is 25.6. The number of carboxylic acid groups (broad SMARTS) is 1. The Hall–Kier alpha value is -3.70. The topological polar surface area (TPSA) is 64.4 Å². The van der Waals surface area contributed by atoms with Crippen LogP contribution in [0.1, 0.15) is 39.0 Å². The molecule has 0 amide bonds. The Bertz CT molecular complexity index is 1160. The van der Waals surface area contributed by atoms with Crippen LogP contribution in [0.2, 0.25) is 0 Å². The maximum absolute atomic E-state index is 11.0. The van der Waals surface area contributed by atoms with Crippen molar-refractivity contribution in [1.82, 2.24) is 9.55 Å². The van der Waals surface area contributed by atoms with Gasteiger partial charge in [-0.1, -0.05) is 66.7 Å². The summed E-state index contributed by atoms with van der Waals surface area (Å²) in [5.41, 5.74) is 6.56. The highest BCUT2D eigenvalue weighted by Crippen LogP contribution is 2.29. The number of carbonyl (C=O) groups is 1. The van der Waals surface area contributed by atoms with E-state index in [0.717, 1.165) is 28.1 Å². The van der Waals surface area contributed by atoms with E-state index in [-0.39, 0.29) is 11.7 Å². The molecular weight excluding hydrogens is 388 g/mol. The number of carboxylic acids is 1. The van der Waals surface area contributed by atoms with Gasteiger partial charge in [-0.2, -0.15) is 0 Å². The van der Waals surface area contributed by atoms with Gasteiger partial charge < -0.3 is 14.4 Å². The van der Waals surface area contributed by atoms with Gasteiger partial charge in [-0.15, -0.1) is 0 Å². The van der Waals surface area contributed by atoms with E-state index in [1.165, 1.54) is 5.56 Å². The van der Waals surface area contributed by atoms with Crippen LogP contribution in [0.4, 0.5) is 0 Å². The molecule has 3 aromatic carbocycles. The zero-order chi connectivity index (χ0) is 21.8. The number of ether oxygens (including phenoxy) is 1. The summed E-state index contributed by atoms with van der Waals surface area (Å²) < 4.78 is 7.86. The summed E-state index contributed by atoms with van der Waals surface area (Å²) in [6.07, 6.45) is 1.54. The minimum atomic E-state index is -0.922. The maximum Gasteiger partial charge on any atom is 0.335 e. The van der Waals surface area contributed by atoms with Gasteiger partial charge >= 0.3 is 5.97 Å². The third-order valence-corrected chi connectivity index (χ3v) is 5.50. The van der Waals surface area contributed by atoms with Crippen molar-refractivity contribution in [3.05, 3.63) is 113 Å². The molecule has 0 aliphatic carbocycles. The molecule has 1 aromatic heterocycles. The van der Waals surface area contributed by atoms with Crippen LogP contribution in [0.5, 0.6) is 0 Å². The molecule has 156 valence electrons. The lowest BCUT2D eigenvalue weighted by molar-refractivity contribution is 0.0697. The Morgan fingerprint density at radius 2 is 1.61 bits per heavy atom. The van der Waals surface area contributed by atoms with Gasteiger partial charge in [0.25, 0.3) is 0 Å². The molecule has 0 radical (unpaired) electrons. The molecule has 0 bridgehead atoms. The molecule has 4 aromatic rings. The molecule has 1 heterocycles. The highest BCUT2D eigenvalue weighted by molar-refractivity contribution is 5.87. The van der Waals surface area contributed by atoms with E-state index in [1.54, 1.807) is 25.6 Å². The zero-order valence-electron chi connectivity index (χ0n) is 17.5. The predicted octanol–water partition coefficient (Wildman–Crippen LogP) is 5.34. The quantitative estimate of drug-likeness (QED) is 0.445. The fourth-order valence-electron chi connectivity index (χ4n) is 3.71.